The van der Waals surface area contributed by atoms with Gasteiger partial charge in [0.15, 0.2) is 5.82 Å². The van der Waals surface area contributed by atoms with Crippen LogP contribution >= 0.6 is 0 Å². The second-order valence-electron chi connectivity index (χ2n) is 11.9. The van der Waals surface area contributed by atoms with Gasteiger partial charge in [-0.3, -0.25) is 14.5 Å². The fourth-order valence-electron chi connectivity index (χ4n) is 5.42. The smallest absolute Gasteiger partial charge is 0.406 e. The number of halogens is 3. The summed E-state index contributed by atoms with van der Waals surface area (Å²) in [6.45, 7) is 9.02. The molecule has 2 aliphatic rings. The lowest BCUT2D eigenvalue weighted by atomic mass is 9.87. The van der Waals surface area contributed by atoms with Crippen molar-refractivity contribution in [2.45, 2.75) is 71.4 Å². The Bertz CT molecular complexity index is 1480. The lowest BCUT2D eigenvalue weighted by Crippen LogP contribution is -2.47. The van der Waals surface area contributed by atoms with E-state index in [1.165, 1.54) is 18.2 Å². The molecule has 2 amide bonds. The highest BCUT2D eigenvalue weighted by Gasteiger charge is 2.47. The fourth-order valence-corrected chi connectivity index (χ4v) is 5.42. The lowest BCUT2D eigenvalue weighted by Gasteiger charge is -2.32. The summed E-state index contributed by atoms with van der Waals surface area (Å²) in [5.74, 6) is 0.165. The molecule has 1 aliphatic heterocycles. The van der Waals surface area contributed by atoms with E-state index in [2.05, 4.69) is 25.5 Å². The van der Waals surface area contributed by atoms with E-state index >= 15 is 0 Å². The van der Waals surface area contributed by atoms with Crippen LogP contribution in [-0.2, 0) is 29.1 Å². The third kappa shape index (κ3) is 7.28. The van der Waals surface area contributed by atoms with E-state index in [1.54, 1.807) is 13.0 Å². The lowest BCUT2D eigenvalue weighted by molar-refractivity contribution is -0.274. The maximum atomic E-state index is 12.9. The Morgan fingerprint density at radius 2 is 1.93 bits per heavy atom. The number of hydrogen-bond donors (Lipinski definition) is 2. The molecule has 1 aromatic heterocycles. The molecule has 2 atom stereocenters. The van der Waals surface area contributed by atoms with E-state index in [0.29, 0.717) is 43.2 Å². The molecule has 1 fully saturated rings. The molecule has 1 saturated carbocycles. The third-order valence-corrected chi connectivity index (χ3v) is 7.29. The summed E-state index contributed by atoms with van der Waals surface area (Å²) in [6, 6.07) is 9.67. The van der Waals surface area contributed by atoms with Gasteiger partial charge in [-0.15, -0.1) is 13.2 Å². The molecule has 42 heavy (non-hydrogen) atoms. The van der Waals surface area contributed by atoms with E-state index < -0.39 is 6.36 Å². The van der Waals surface area contributed by atoms with Gasteiger partial charge in [-0.1, -0.05) is 29.4 Å². The van der Waals surface area contributed by atoms with E-state index in [4.69, 9.17) is 4.52 Å². The zero-order valence-electron chi connectivity index (χ0n) is 24.0. The molecule has 2 heterocycles. The third-order valence-electron chi connectivity index (χ3n) is 7.29. The van der Waals surface area contributed by atoms with Crippen LogP contribution in [0.5, 0.6) is 5.75 Å². The molecular formula is C30H34F3N5O4. The first kappa shape index (κ1) is 29.6. The number of aromatic nitrogens is 2. The molecular weight excluding hydrogens is 551 g/mol. The number of ether oxygens (including phenoxy) is 1. The maximum absolute atomic E-state index is 12.9. The maximum Gasteiger partial charge on any atom is 0.573 e. The van der Waals surface area contributed by atoms with Crippen molar-refractivity contribution in [1.82, 2.24) is 25.7 Å². The Labute approximate surface area is 241 Å². The quantitative estimate of drug-likeness (QED) is 0.397. The number of alkyl halides is 3. The first-order chi connectivity index (χ1) is 19.8. The summed E-state index contributed by atoms with van der Waals surface area (Å²) in [4.78, 5) is 31.9. The molecule has 1 aliphatic carbocycles. The fraction of sp³-hybridized carbons (Fsp3) is 0.467. The number of benzene rings is 2. The van der Waals surface area contributed by atoms with Crippen LogP contribution in [0.2, 0.25) is 0 Å². The summed E-state index contributed by atoms with van der Waals surface area (Å²) in [5.41, 5.74) is 3.83. The predicted octanol–water partition coefficient (Wildman–Crippen LogP) is 4.64. The summed E-state index contributed by atoms with van der Waals surface area (Å²) >= 11 is 0. The first-order valence-corrected chi connectivity index (χ1v) is 13.9. The van der Waals surface area contributed by atoms with Crippen molar-refractivity contribution in [3.8, 4) is 16.9 Å². The highest BCUT2D eigenvalue weighted by atomic mass is 19.4. The van der Waals surface area contributed by atoms with Gasteiger partial charge in [0.25, 0.3) is 0 Å². The normalized spacial score (nSPS) is 18.7. The average molecular weight is 586 g/mol. The molecule has 0 spiro atoms. The molecule has 2 aromatic carbocycles. The van der Waals surface area contributed by atoms with Crippen LogP contribution < -0.4 is 15.4 Å². The summed E-state index contributed by atoms with van der Waals surface area (Å²) in [6.07, 6.45) is -3.57. The van der Waals surface area contributed by atoms with Gasteiger partial charge < -0.3 is 19.9 Å². The van der Waals surface area contributed by atoms with Crippen LogP contribution in [-0.4, -0.2) is 51.8 Å². The van der Waals surface area contributed by atoms with Crippen molar-refractivity contribution < 1.29 is 32.0 Å². The van der Waals surface area contributed by atoms with Gasteiger partial charge in [0.1, 0.15) is 5.75 Å². The van der Waals surface area contributed by atoms with E-state index in [1.807, 2.05) is 37.8 Å². The van der Waals surface area contributed by atoms with Gasteiger partial charge in [-0.05, 0) is 80.5 Å². The number of fused-ring (bicyclic) bond motifs is 1. The molecule has 2 N–H and O–H groups in total. The standard InChI is InChI=1S/C30H34F3N5O4/c1-17-35-28(42-37-17)24-13-23(24)27(40)34-14-19-8-9-21(18-6-5-7-20(12-18)41-30(31,32)33)22-10-11-38(15-25(19)22)16-26(39)36-29(2,3)4/h5-9,12,23-24H,10-11,13-16H2,1-4H3,(H,34,40)(H,36,39)/t23-,24+/m1/s1. The molecule has 3 aromatic rings. The summed E-state index contributed by atoms with van der Waals surface area (Å²) in [7, 11) is 0. The molecule has 0 saturated heterocycles. The Morgan fingerprint density at radius 3 is 2.62 bits per heavy atom. The summed E-state index contributed by atoms with van der Waals surface area (Å²) < 4.78 is 48.0. The van der Waals surface area contributed by atoms with Crippen molar-refractivity contribution in [2.75, 3.05) is 13.1 Å². The zero-order chi connectivity index (χ0) is 30.2. The van der Waals surface area contributed by atoms with E-state index in [9.17, 15) is 22.8 Å². The second-order valence-corrected chi connectivity index (χ2v) is 11.9. The topological polar surface area (TPSA) is 110 Å². The second kappa shape index (κ2) is 11.4. The SMILES string of the molecule is Cc1noc([C@H]2C[C@H]2C(=O)NCc2ccc(-c3cccc(OC(F)(F)F)c3)c3c2CN(CC(=O)NC(C)(C)C)CC3)n1. The molecule has 9 nitrogen and oxygen atoms in total. The van der Waals surface area contributed by atoms with Gasteiger partial charge in [-0.25, -0.2) is 0 Å². The van der Waals surface area contributed by atoms with Crippen molar-refractivity contribution in [3.63, 3.8) is 0 Å². The molecule has 0 bridgehead atoms. The largest absolute Gasteiger partial charge is 0.573 e. The zero-order valence-corrected chi connectivity index (χ0v) is 24.0. The predicted molar refractivity (Wildman–Crippen MR) is 147 cm³/mol. The van der Waals surface area contributed by atoms with Gasteiger partial charge in [0.05, 0.1) is 18.4 Å². The van der Waals surface area contributed by atoms with Crippen LogP contribution in [0, 0.1) is 12.8 Å². The monoisotopic (exact) mass is 585 g/mol. The minimum absolute atomic E-state index is 0.0921. The Hall–Kier alpha value is -3.93. The molecule has 0 unspecified atom stereocenters. The van der Waals surface area contributed by atoms with Crippen LogP contribution in [0.15, 0.2) is 40.9 Å². The van der Waals surface area contributed by atoms with Gasteiger partial charge in [0, 0.05) is 25.2 Å². The summed E-state index contributed by atoms with van der Waals surface area (Å²) in [5, 5.41) is 9.81. The molecule has 5 rings (SSSR count). The van der Waals surface area contributed by atoms with Gasteiger partial charge >= 0.3 is 6.36 Å². The minimum atomic E-state index is -4.79. The number of carbonyl (C=O) groups excluding carboxylic acids is 2. The van der Waals surface area contributed by atoms with Crippen LogP contribution in [0.25, 0.3) is 11.1 Å². The van der Waals surface area contributed by atoms with E-state index in [-0.39, 0.29) is 48.0 Å². The highest BCUT2D eigenvalue weighted by Crippen LogP contribution is 2.47. The van der Waals surface area contributed by atoms with Crippen LogP contribution in [0.4, 0.5) is 13.2 Å². The van der Waals surface area contributed by atoms with Crippen molar-refractivity contribution in [2.24, 2.45) is 5.92 Å². The molecule has 12 heteroatoms. The van der Waals surface area contributed by atoms with Gasteiger partial charge in [0.2, 0.25) is 17.7 Å². The van der Waals surface area contributed by atoms with Crippen LogP contribution in [0.1, 0.15) is 61.5 Å². The molecule has 224 valence electrons. The van der Waals surface area contributed by atoms with Crippen LogP contribution in [0.3, 0.4) is 0 Å². The Morgan fingerprint density at radius 1 is 1.14 bits per heavy atom. The number of rotatable bonds is 8. The van der Waals surface area contributed by atoms with Crippen molar-refractivity contribution in [3.05, 3.63) is 64.8 Å². The first-order valence-electron chi connectivity index (χ1n) is 13.9. The average Bonchev–Trinajstić information content (AvgIpc) is 3.57. The highest BCUT2D eigenvalue weighted by molar-refractivity contribution is 5.82. The van der Waals surface area contributed by atoms with Gasteiger partial charge in [-0.2, -0.15) is 4.98 Å². The van der Waals surface area contributed by atoms with E-state index in [0.717, 1.165) is 22.3 Å². The van der Waals surface area contributed by atoms with Crippen molar-refractivity contribution in [1.29, 1.82) is 0 Å². The Balaban J connectivity index is 1.37. The molecule has 0 radical (unpaired) electrons. The van der Waals surface area contributed by atoms with Crippen molar-refractivity contribution >= 4 is 11.8 Å². The minimum Gasteiger partial charge on any atom is -0.406 e. The number of carbonyl (C=O) groups is 2. The number of hydrogen-bond acceptors (Lipinski definition) is 7. The number of nitrogens with one attached hydrogen (secondary N) is 2. The number of amides is 2. The number of nitrogens with zero attached hydrogens (tertiary/aromatic N) is 3. The Kier molecular flexibility index (Phi) is 8.02. The number of aryl methyl sites for hydroxylation is 1.